The molecule has 0 spiro atoms. The fourth-order valence-electron chi connectivity index (χ4n) is 2.61. The van der Waals surface area contributed by atoms with Crippen LogP contribution in [0, 0.1) is 6.92 Å². The minimum absolute atomic E-state index is 0.552. The normalized spacial score (nSPS) is 13.0. The second-order valence-electron chi connectivity index (χ2n) is 5.16. The standard InChI is InChI=1S/C16H14N4O/c1-10-9-17-6-5-13(10)15-19-16(21-20-15)12-2-3-14-11(8-12)4-7-18-14/h2-3,5-6,8-9,18H,4,7H2,1H3. The van der Waals surface area contributed by atoms with E-state index in [4.69, 9.17) is 4.52 Å². The van der Waals surface area contributed by atoms with Crippen molar-refractivity contribution in [2.75, 3.05) is 11.9 Å². The smallest absolute Gasteiger partial charge is 0.258 e. The van der Waals surface area contributed by atoms with Crippen LogP contribution >= 0.6 is 0 Å². The number of rotatable bonds is 2. The third-order valence-electron chi connectivity index (χ3n) is 3.75. The van der Waals surface area contributed by atoms with Crippen LogP contribution in [0.15, 0.2) is 41.2 Å². The van der Waals surface area contributed by atoms with Crippen LogP contribution in [0.1, 0.15) is 11.1 Å². The molecule has 5 heteroatoms. The Labute approximate surface area is 122 Å². The van der Waals surface area contributed by atoms with E-state index in [1.165, 1.54) is 11.3 Å². The van der Waals surface area contributed by atoms with Crippen LogP contribution in [0.5, 0.6) is 0 Å². The molecule has 1 aromatic carbocycles. The van der Waals surface area contributed by atoms with Crippen molar-refractivity contribution in [2.24, 2.45) is 0 Å². The van der Waals surface area contributed by atoms with Gasteiger partial charge >= 0.3 is 0 Å². The first-order valence-electron chi connectivity index (χ1n) is 6.93. The minimum Gasteiger partial charge on any atom is -0.384 e. The molecule has 104 valence electrons. The molecule has 0 aliphatic carbocycles. The maximum absolute atomic E-state index is 5.42. The number of aromatic nitrogens is 3. The van der Waals surface area contributed by atoms with Gasteiger partial charge in [0.15, 0.2) is 0 Å². The number of aryl methyl sites for hydroxylation is 1. The Hall–Kier alpha value is -2.69. The second-order valence-corrected chi connectivity index (χ2v) is 5.16. The van der Waals surface area contributed by atoms with Gasteiger partial charge in [-0.2, -0.15) is 4.98 Å². The molecule has 2 aromatic heterocycles. The summed E-state index contributed by atoms with van der Waals surface area (Å²) in [6.45, 7) is 2.98. The van der Waals surface area contributed by atoms with E-state index in [-0.39, 0.29) is 0 Å². The Morgan fingerprint density at radius 3 is 3.10 bits per heavy atom. The summed E-state index contributed by atoms with van der Waals surface area (Å²) in [6.07, 6.45) is 4.57. The van der Waals surface area contributed by atoms with E-state index in [1.807, 2.05) is 19.1 Å². The van der Waals surface area contributed by atoms with Crippen molar-refractivity contribution >= 4 is 5.69 Å². The van der Waals surface area contributed by atoms with Gasteiger partial charge in [-0.05, 0) is 48.7 Å². The number of pyridine rings is 1. The molecule has 0 bridgehead atoms. The molecule has 4 rings (SSSR count). The average molecular weight is 278 g/mol. The van der Waals surface area contributed by atoms with Gasteiger partial charge in [0.05, 0.1) is 0 Å². The van der Waals surface area contributed by atoms with Gasteiger partial charge in [0.1, 0.15) is 0 Å². The molecular formula is C16H14N4O. The van der Waals surface area contributed by atoms with Crippen molar-refractivity contribution in [1.29, 1.82) is 0 Å². The fourth-order valence-corrected chi connectivity index (χ4v) is 2.61. The summed E-state index contributed by atoms with van der Waals surface area (Å²) in [5.41, 5.74) is 5.43. The van der Waals surface area contributed by atoms with Crippen LogP contribution in [0.2, 0.25) is 0 Å². The Morgan fingerprint density at radius 2 is 2.19 bits per heavy atom. The van der Waals surface area contributed by atoms with E-state index in [9.17, 15) is 0 Å². The molecular weight excluding hydrogens is 264 g/mol. The number of nitrogens with one attached hydrogen (secondary N) is 1. The lowest BCUT2D eigenvalue weighted by Gasteiger charge is -2.00. The number of anilines is 1. The average Bonchev–Trinajstić information content (AvgIpc) is 3.16. The van der Waals surface area contributed by atoms with Crippen molar-refractivity contribution < 1.29 is 4.52 Å². The zero-order valence-corrected chi connectivity index (χ0v) is 11.6. The van der Waals surface area contributed by atoms with Gasteiger partial charge in [0.25, 0.3) is 5.89 Å². The molecule has 3 aromatic rings. The molecule has 1 aliphatic heterocycles. The summed E-state index contributed by atoms with van der Waals surface area (Å²) in [6, 6.07) is 8.09. The van der Waals surface area contributed by atoms with Gasteiger partial charge in [-0.1, -0.05) is 5.16 Å². The van der Waals surface area contributed by atoms with Crippen molar-refractivity contribution in [3.63, 3.8) is 0 Å². The predicted octanol–water partition coefficient (Wildman–Crippen LogP) is 3.08. The van der Waals surface area contributed by atoms with E-state index in [0.29, 0.717) is 11.7 Å². The van der Waals surface area contributed by atoms with Crippen LogP contribution < -0.4 is 5.32 Å². The third kappa shape index (κ3) is 2.07. The summed E-state index contributed by atoms with van der Waals surface area (Å²) in [5, 5.41) is 7.43. The lowest BCUT2D eigenvalue weighted by Crippen LogP contribution is -1.90. The molecule has 0 amide bonds. The first-order chi connectivity index (χ1) is 10.3. The maximum atomic E-state index is 5.42. The van der Waals surface area contributed by atoms with Crippen LogP contribution in [-0.4, -0.2) is 21.7 Å². The Bertz CT molecular complexity index is 810. The molecule has 0 radical (unpaired) electrons. The van der Waals surface area contributed by atoms with E-state index < -0.39 is 0 Å². The Morgan fingerprint density at radius 1 is 1.24 bits per heavy atom. The highest BCUT2D eigenvalue weighted by Crippen LogP contribution is 2.29. The van der Waals surface area contributed by atoms with Gasteiger partial charge in [0, 0.05) is 35.8 Å². The molecule has 0 saturated heterocycles. The lowest BCUT2D eigenvalue weighted by atomic mass is 10.1. The number of nitrogens with zero attached hydrogens (tertiary/aromatic N) is 3. The third-order valence-corrected chi connectivity index (χ3v) is 3.75. The minimum atomic E-state index is 0.552. The second kappa shape index (κ2) is 4.70. The molecule has 21 heavy (non-hydrogen) atoms. The molecule has 5 nitrogen and oxygen atoms in total. The zero-order valence-electron chi connectivity index (χ0n) is 11.6. The fraction of sp³-hybridized carbons (Fsp3) is 0.188. The highest BCUT2D eigenvalue weighted by molar-refractivity contribution is 5.67. The van der Waals surface area contributed by atoms with Crippen LogP contribution in [0.4, 0.5) is 5.69 Å². The predicted molar refractivity (Wildman–Crippen MR) is 79.9 cm³/mol. The zero-order chi connectivity index (χ0) is 14.2. The van der Waals surface area contributed by atoms with E-state index in [2.05, 4.69) is 32.6 Å². The number of fused-ring (bicyclic) bond motifs is 1. The summed E-state index contributed by atoms with van der Waals surface area (Å²) < 4.78 is 5.42. The highest BCUT2D eigenvalue weighted by Gasteiger charge is 2.15. The molecule has 0 atom stereocenters. The first-order valence-corrected chi connectivity index (χ1v) is 6.93. The van der Waals surface area contributed by atoms with Gasteiger partial charge in [0.2, 0.25) is 5.82 Å². The first kappa shape index (κ1) is 12.1. The van der Waals surface area contributed by atoms with Crippen molar-refractivity contribution in [3.8, 4) is 22.8 Å². The van der Waals surface area contributed by atoms with E-state index in [1.54, 1.807) is 12.4 Å². The van der Waals surface area contributed by atoms with Gasteiger partial charge in [-0.15, -0.1) is 0 Å². The highest BCUT2D eigenvalue weighted by atomic mass is 16.5. The molecule has 3 heterocycles. The number of hydrogen-bond acceptors (Lipinski definition) is 5. The monoisotopic (exact) mass is 278 g/mol. The van der Waals surface area contributed by atoms with Crippen LogP contribution in [0.3, 0.4) is 0 Å². The molecule has 1 aliphatic rings. The van der Waals surface area contributed by atoms with Crippen LogP contribution in [-0.2, 0) is 6.42 Å². The number of benzene rings is 1. The molecule has 1 N–H and O–H groups in total. The summed E-state index contributed by atoms with van der Waals surface area (Å²) >= 11 is 0. The van der Waals surface area contributed by atoms with Crippen molar-refractivity contribution in [1.82, 2.24) is 15.1 Å². The lowest BCUT2D eigenvalue weighted by molar-refractivity contribution is 0.432. The quantitative estimate of drug-likeness (QED) is 0.780. The molecule has 0 saturated carbocycles. The SMILES string of the molecule is Cc1cnccc1-c1noc(-c2ccc3c(c2)CCN3)n1. The van der Waals surface area contributed by atoms with Gasteiger partial charge < -0.3 is 9.84 Å². The summed E-state index contributed by atoms with van der Waals surface area (Å²) in [4.78, 5) is 8.59. The summed E-state index contributed by atoms with van der Waals surface area (Å²) in [7, 11) is 0. The summed E-state index contributed by atoms with van der Waals surface area (Å²) in [5.74, 6) is 1.15. The van der Waals surface area contributed by atoms with E-state index >= 15 is 0 Å². The van der Waals surface area contributed by atoms with Gasteiger partial charge in [-0.25, -0.2) is 0 Å². The topological polar surface area (TPSA) is 63.8 Å². The maximum Gasteiger partial charge on any atom is 0.258 e. The Kier molecular flexibility index (Phi) is 2.70. The number of hydrogen-bond donors (Lipinski definition) is 1. The van der Waals surface area contributed by atoms with Crippen molar-refractivity contribution in [3.05, 3.63) is 47.8 Å². The van der Waals surface area contributed by atoms with Gasteiger partial charge in [-0.3, -0.25) is 4.98 Å². The Balaban J connectivity index is 1.73. The van der Waals surface area contributed by atoms with Crippen LogP contribution in [0.25, 0.3) is 22.8 Å². The largest absolute Gasteiger partial charge is 0.384 e. The van der Waals surface area contributed by atoms with Crippen molar-refractivity contribution in [2.45, 2.75) is 13.3 Å². The molecule has 0 fully saturated rings. The molecule has 0 unspecified atom stereocenters. The van der Waals surface area contributed by atoms with E-state index in [0.717, 1.165) is 29.7 Å².